The van der Waals surface area contributed by atoms with Crippen LogP contribution in [0.15, 0.2) is 18.2 Å². The number of hydrogen-bond acceptors (Lipinski definition) is 2. The maximum absolute atomic E-state index is 12.9. The standard InChI is InChI=1S/C10H6FNO3/c1-2-9(13)12-6-3-4-8(11)7(5-6)10(14)15/h1,3-5H,(H,12,13)(H,14,15). The highest BCUT2D eigenvalue weighted by molar-refractivity contribution is 6.04. The summed E-state index contributed by atoms with van der Waals surface area (Å²) in [5.41, 5.74) is -0.387. The van der Waals surface area contributed by atoms with Crippen molar-refractivity contribution in [2.75, 3.05) is 5.32 Å². The highest BCUT2D eigenvalue weighted by atomic mass is 19.1. The lowest BCUT2D eigenvalue weighted by Crippen LogP contribution is -2.09. The molecule has 0 aliphatic rings. The number of carbonyl (C=O) groups is 2. The summed E-state index contributed by atoms with van der Waals surface area (Å²) in [7, 11) is 0. The maximum atomic E-state index is 12.9. The molecular formula is C10H6FNO3. The summed E-state index contributed by atoms with van der Waals surface area (Å²) in [6.45, 7) is 0. The third kappa shape index (κ3) is 2.54. The Morgan fingerprint density at radius 2 is 2.13 bits per heavy atom. The van der Waals surface area contributed by atoms with Gasteiger partial charge in [-0.05, 0) is 24.1 Å². The number of carboxylic acids is 1. The van der Waals surface area contributed by atoms with Gasteiger partial charge < -0.3 is 10.4 Å². The van der Waals surface area contributed by atoms with Crippen molar-refractivity contribution in [3.63, 3.8) is 0 Å². The number of amides is 1. The van der Waals surface area contributed by atoms with Crippen molar-refractivity contribution in [1.29, 1.82) is 0 Å². The summed E-state index contributed by atoms with van der Waals surface area (Å²) in [5, 5.41) is 10.8. The minimum absolute atomic E-state index is 0.136. The fourth-order valence-electron chi connectivity index (χ4n) is 0.934. The Hall–Kier alpha value is -2.35. The van der Waals surface area contributed by atoms with Crippen LogP contribution in [-0.2, 0) is 4.79 Å². The van der Waals surface area contributed by atoms with E-state index in [1.54, 1.807) is 5.92 Å². The molecule has 76 valence electrons. The molecule has 1 aromatic rings. The number of terminal acetylenes is 1. The van der Waals surface area contributed by atoms with Crippen LogP contribution in [0.3, 0.4) is 0 Å². The average molecular weight is 207 g/mol. The predicted molar refractivity (Wildman–Crippen MR) is 50.8 cm³/mol. The van der Waals surface area contributed by atoms with Crippen LogP contribution in [0.25, 0.3) is 0 Å². The van der Waals surface area contributed by atoms with Gasteiger partial charge in [-0.2, -0.15) is 0 Å². The largest absolute Gasteiger partial charge is 0.478 e. The van der Waals surface area contributed by atoms with Gasteiger partial charge in [-0.25, -0.2) is 9.18 Å². The molecule has 1 rings (SSSR count). The first kappa shape index (κ1) is 10.7. The van der Waals surface area contributed by atoms with E-state index >= 15 is 0 Å². The number of nitrogens with one attached hydrogen (secondary N) is 1. The zero-order valence-electron chi connectivity index (χ0n) is 7.45. The third-order valence-corrected chi connectivity index (χ3v) is 1.59. The summed E-state index contributed by atoms with van der Waals surface area (Å²) >= 11 is 0. The van der Waals surface area contributed by atoms with Crippen molar-refractivity contribution in [1.82, 2.24) is 0 Å². The second-order valence-corrected chi connectivity index (χ2v) is 2.60. The topological polar surface area (TPSA) is 66.4 Å². The molecule has 0 bridgehead atoms. The van der Waals surface area contributed by atoms with Crippen molar-refractivity contribution in [3.8, 4) is 12.3 Å². The number of halogens is 1. The Morgan fingerprint density at radius 1 is 1.47 bits per heavy atom. The summed E-state index contributed by atoms with van der Waals surface area (Å²) in [5.74, 6) is -1.23. The normalized spacial score (nSPS) is 9.07. The van der Waals surface area contributed by atoms with Gasteiger partial charge >= 0.3 is 5.97 Å². The molecule has 0 saturated heterocycles. The van der Waals surface area contributed by atoms with Crippen LogP contribution in [0.2, 0.25) is 0 Å². The van der Waals surface area contributed by atoms with E-state index in [4.69, 9.17) is 11.5 Å². The first-order chi connectivity index (χ1) is 7.04. The SMILES string of the molecule is C#CC(=O)Nc1ccc(F)c(C(=O)O)c1. The van der Waals surface area contributed by atoms with Crippen LogP contribution in [0, 0.1) is 18.2 Å². The Morgan fingerprint density at radius 3 is 2.67 bits per heavy atom. The quantitative estimate of drug-likeness (QED) is 0.713. The van der Waals surface area contributed by atoms with Gasteiger partial charge in [-0.1, -0.05) is 0 Å². The summed E-state index contributed by atoms with van der Waals surface area (Å²) in [6.07, 6.45) is 4.80. The fraction of sp³-hybridized carbons (Fsp3) is 0. The molecule has 0 atom stereocenters. The molecule has 0 spiro atoms. The Bertz CT molecular complexity index is 462. The van der Waals surface area contributed by atoms with E-state index in [2.05, 4.69) is 5.32 Å². The first-order valence-electron chi connectivity index (χ1n) is 3.85. The van der Waals surface area contributed by atoms with Gasteiger partial charge in [0.15, 0.2) is 0 Å². The summed E-state index contributed by atoms with van der Waals surface area (Å²) in [4.78, 5) is 21.3. The second-order valence-electron chi connectivity index (χ2n) is 2.60. The van der Waals surface area contributed by atoms with Crippen LogP contribution >= 0.6 is 0 Å². The minimum Gasteiger partial charge on any atom is -0.478 e. The molecule has 0 fully saturated rings. The van der Waals surface area contributed by atoms with Gasteiger partial charge in [0.2, 0.25) is 0 Å². The number of anilines is 1. The molecule has 0 heterocycles. The monoisotopic (exact) mass is 207 g/mol. The number of carboxylic acid groups (broad SMARTS) is 1. The van der Waals surface area contributed by atoms with Crippen LogP contribution in [-0.4, -0.2) is 17.0 Å². The van der Waals surface area contributed by atoms with E-state index in [-0.39, 0.29) is 5.69 Å². The molecule has 0 aliphatic carbocycles. The lowest BCUT2D eigenvalue weighted by atomic mass is 10.2. The molecule has 1 aromatic carbocycles. The van der Waals surface area contributed by atoms with Gasteiger partial charge in [0, 0.05) is 5.69 Å². The van der Waals surface area contributed by atoms with Crippen LogP contribution in [0.1, 0.15) is 10.4 Å². The van der Waals surface area contributed by atoms with Crippen molar-refractivity contribution in [2.45, 2.75) is 0 Å². The molecule has 2 N–H and O–H groups in total. The number of hydrogen-bond donors (Lipinski definition) is 2. The Balaban J connectivity index is 3.04. The van der Waals surface area contributed by atoms with Gasteiger partial charge in [-0.15, -0.1) is 6.42 Å². The van der Waals surface area contributed by atoms with Crippen molar-refractivity contribution >= 4 is 17.6 Å². The molecule has 0 radical (unpaired) electrons. The first-order valence-corrected chi connectivity index (χ1v) is 3.85. The molecule has 5 heteroatoms. The summed E-state index contributed by atoms with van der Waals surface area (Å²) in [6, 6.07) is 3.15. The number of carbonyl (C=O) groups excluding carboxylic acids is 1. The van der Waals surface area contributed by atoms with Crippen molar-refractivity contribution < 1.29 is 19.1 Å². The number of aromatic carboxylic acids is 1. The van der Waals surface area contributed by atoms with Gasteiger partial charge in [0.25, 0.3) is 5.91 Å². The maximum Gasteiger partial charge on any atom is 0.338 e. The molecule has 15 heavy (non-hydrogen) atoms. The van der Waals surface area contributed by atoms with E-state index in [1.165, 1.54) is 6.07 Å². The highest BCUT2D eigenvalue weighted by Crippen LogP contribution is 2.14. The van der Waals surface area contributed by atoms with Crippen LogP contribution in [0.5, 0.6) is 0 Å². The highest BCUT2D eigenvalue weighted by Gasteiger charge is 2.11. The van der Waals surface area contributed by atoms with Gasteiger partial charge in [-0.3, -0.25) is 4.79 Å². The molecule has 4 nitrogen and oxygen atoms in total. The van der Waals surface area contributed by atoms with E-state index in [9.17, 15) is 14.0 Å². The minimum atomic E-state index is -1.41. The number of rotatable bonds is 2. The van der Waals surface area contributed by atoms with E-state index in [1.807, 2.05) is 0 Å². The van der Waals surface area contributed by atoms with Gasteiger partial charge in [0.05, 0.1) is 5.56 Å². The Kier molecular flexibility index (Phi) is 3.03. The van der Waals surface area contributed by atoms with Crippen LogP contribution in [0.4, 0.5) is 10.1 Å². The molecular weight excluding hydrogens is 201 g/mol. The second kappa shape index (κ2) is 4.24. The van der Waals surface area contributed by atoms with Crippen LogP contribution < -0.4 is 5.32 Å². The molecule has 0 saturated carbocycles. The number of benzene rings is 1. The van der Waals surface area contributed by atoms with Gasteiger partial charge in [0.1, 0.15) is 5.82 Å². The molecule has 1 amide bonds. The third-order valence-electron chi connectivity index (χ3n) is 1.59. The molecule has 0 unspecified atom stereocenters. The Labute approximate surface area is 84.7 Å². The van der Waals surface area contributed by atoms with E-state index in [0.717, 1.165) is 12.1 Å². The van der Waals surface area contributed by atoms with Crippen molar-refractivity contribution in [2.24, 2.45) is 0 Å². The zero-order chi connectivity index (χ0) is 11.4. The molecule has 0 aromatic heterocycles. The lowest BCUT2D eigenvalue weighted by molar-refractivity contribution is -0.111. The zero-order valence-corrected chi connectivity index (χ0v) is 7.45. The van der Waals surface area contributed by atoms with E-state index in [0.29, 0.717) is 0 Å². The van der Waals surface area contributed by atoms with Crippen molar-refractivity contribution in [3.05, 3.63) is 29.6 Å². The van der Waals surface area contributed by atoms with E-state index < -0.39 is 23.3 Å². The lowest BCUT2D eigenvalue weighted by Gasteiger charge is -2.03. The smallest absolute Gasteiger partial charge is 0.338 e. The molecule has 0 aliphatic heterocycles. The fourth-order valence-corrected chi connectivity index (χ4v) is 0.934. The average Bonchev–Trinajstić information content (AvgIpc) is 2.20. The summed E-state index contributed by atoms with van der Waals surface area (Å²) < 4.78 is 12.9. The predicted octanol–water partition coefficient (Wildman–Crippen LogP) is 1.10.